The predicted molar refractivity (Wildman–Crippen MR) is 108 cm³/mol. The minimum atomic E-state index is -3.07. The van der Waals surface area contributed by atoms with Crippen molar-refractivity contribution in [1.82, 2.24) is 9.88 Å². The normalized spacial score (nSPS) is 18.0. The van der Waals surface area contributed by atoms with Crippen LogP contribution in [0.15, 0.2) is 29.1 Å². The minimum absolute atomic E-state index is 0.0325. The van der Waals surface area contributed by atoms with Crippen LogP contribution >= 0.6 is 11.3 Å². The van der Waals surface area contributed by atoms with Gasteiger partial charge in [0.1, 0.15) is 6.61 Å². The van der Waals surface area contributed by atoms with Crippen LogP contribution in [0.2, 0.25) is 0 Å². The van der Waals surface area contributed by atoms with E-state index in [-0.39, 0.29) is 23.5 Å². The Bertz CT molecular complexity index is 912. The molecular weight excluding hydrogens is 400 g/mol. The molecule has 1 aliphatic heterocycles. The molecule has 3 rings (SSSR count). The molecular formula is C19H24N2O5S2. The highest BCUT2D eigenvalue weighted by Gasteiger charge is 2.34. The fourth-order valence-electron chi connectivity index (χ4n) is 3.26. The Morgan fingerprint density at radius 2 is 2.18 bits per heavy atom. The summed E-state index contributed by atoms with van der Waals surface area (Å²) >= 11 is 1.50. The van der Waals surface area contributed by atoms with Gasteiger partial charge in [-0.15, -0.1) is 11.3 Å². The van der Waals surface area contributed by atoms with Gasteiger partial charge in [0.05, 0.1) is 29.8 Å². The van der Waals surface area contributed by atoms with Crippen molar-refractivity contribution in [2.75, 3.05) is 25.2 Å². The molecule has 1 aromatic carbocycles. The van der Waals surface area contributed by atoms with Crippen LogP contribution in [-0.4, -0.2) is 55.4 Å². The van der Waals surface area contributed by atoms with E-state index in [9.17, 15) is 13.2 Å². The van der Waals surface area contributed by atoms with E-state index in [0.717, 1.165) is 12.1 Å². The summed E-state index contributed by atoms with van der Waals surface area (Å²) in [4.78, 5) is 18.9. The van der Waals surface area contributed by atoms with Crippen LogP contribution in [0, 0.1) is 0 Å². The van der Waals surface area contributed by atoms with Crippen molar-refractivity contribution in [3.63, 3.8) is 0 Å². The Hall–Kier alpha value is -2.13. The van der Waals surface area contributed by atoms with E-state index < -0.39 is 9.84 Å². The molecule has 0 saturated carbocycles. The number of nitrogens with zero attached hydrogens (tertiary/aromatic N) is 2. The standard InChI is InChI=1S/C19H24N2O5S2/c1-3-7-21(16-6-8-28(23,24)12-16)19(22)14-4-5-17(18(9-14)25-2)26-10-15-11-27-13-20-15/h4-5,9,11,13,16H,3,6-8,10,12H2,1-2H3. The molecule has 1 atom stereocenters. The summed E-state index contributed by atoms with van der Waals surface area (Å²) in [5.74, 6) is 0.963. The van der Waals surface area contributed by atoms with Gasteiger partial charge in [0.2, 0.25) is 0 Å². The van der Waals surface area contributed by atoms with Gasteiger partial charge in [0.15, 0.2) is 21.3 Å². The molecule has 1 fully saturated rings. The summed E-state index contributed by atoms with van der Waals surface area (Å²) in [6, 6.07) is 4.76. The van der Waals surface area contributed by atoms with E-state index in [0.29, 0.717) is 36.6 Å². The summed E-state index contributed by atoms with van der Waals surface area (Å²) in [6.07, 6.45) is 1.24. The number of hydrogen-bond acceptors (Lipinski definition) is 7. The van der Waals surface area contributed by atoms with Crippen LogP contribution in [0.4, 0.5) is 0 Å². The smallest absolute Gasteiger partial charge is 0.254 e. The monoisotopic (exact) mass is 424 g/mol. The molecule has 1 saturated heterocycles. The molecule has 1 amide bonds. The Balaban J connectivity index is 1.77. The van der Waals surface area contributed by atoms with Crippen molar-refractivity contribution in [2.45, 2.75) is 32.4 Å². The largest absolute Gasteiger partial charge is 0.493 e. The molecule has 1 aliphatic rings. The number of amides is 1. The third kappa shape index (κ3) is 4.82. The van der Waals surface area contributed by atoms with Gasteiger partial charge in [0.25, 0.3) is 5.91 Å². The maximum atomic E-state index is 13.1. The topological polar surface area (TPSA) is 85.8 Å². The van der Waals surface area contributed by atoms with Crippen LogP contribution < -0.4 is 9.47 Å². The average molecular weight is 425 g/mol. The van der Waals surface area contributed by atoms with E-state index >= 15 is 0 Å². The summed E-state index contributed by atoms with van der Waals surface area (Å²) in [5.41, 5.74) is 3.02. The van der Waals surface area contributed by atoms with Gasteiger partial charge >= 0.3 is 0 Å². The summed E-state index contributed by atoms with van der Waals surface area (Å²) in [6.45, 7) is 2.80. The highest BCUT2D eigenvalue weighted by atomic mass is 32.2. The molecule has 2 aromatic rings. The van der Waals surface area contributed by atoms with Gasteiger partial charge in [-0.3, -0.25) is 4.79 Å². The number of carbonyl (C=O) groups is 1. The van der Waals surface area contributed by atoms with Gasteiger partial charge in [0, 0.05) is 23.5 Å². The maximum Gasteiger partial charge on any atom is 0.254 e. The molecule has 9 heteroatoms. The molecule has 152 valence electrons. The molecule has 0 aliphatic carbocycles. The van der Waals surface area contributed by atoms with Gasteiger partial charge in [-0.1, -0.05) is 6.92 Å². The number of carbonyl (C=O) groups excluding carboxylic acids is 1. The molecule has 2 heterocycles. The molecule has 28 heavy (non-hydrogen) atoms. The van der Waals surface area contributed by atoms with Crippen molar-refractivity contribution in [1.29, 1.82) is 0 Å². The molecule has 0 radical (unpaired) electrons. The Morgan fingerprint density at radius 3 is 2.79 bits per heavy atom. The predicted octanol–water partition coefficient (Wildman–Crippen LogP) is 2.77. The number of thiazole rings is 1. The van der Waals surface area contributed by atoms with E-state index in [1.807, 2.05) is 12.3 Å². The third-order valence-corrected chi connectivity index (χ3v) is 7.03. The lowest BCUT2D eigenvalue weighted by Crippen LogP contribution is -2.41. The van der Waals surface area contributed by atoms with E-state index in [2.05, 4.69) is 4.98 Å². The van der Waals surface area contributed by atoms with Crippen LogP contribution in [0.3, 0.4) is 0 Å². The summed E-state index contributed by atoms with van der Waals surface area (Å²) in [7, 11) is -1.55. The molecule has 0 bridgehead atoms. The first-order valence-corrected chi connectivity index (χ1v) is 11.9. The Labute approximate surface area is 169 Å². The zero-order chi connectivity index (χ0) is 20.1. The van der Waals surface area contributed by atoms with Gasteiger partial charge in [-0.2, -0.15) is 0 Å². The number of rotatable bonds is 8. The van der Waals surface area contributed by atoms with Gasteiger partial charge in [-0.05, 0) is 31.0 Å². The minimum Gasteiger partial charge on any atom is -0.493 e. The second-order valence-electron chi connectivity index (χ2n) is 6.69. The number of ether oxygens (including phenoxy) is 2. The Morgan fingerprint density at radius 1 is 1.36 bits per heavy atom. The molecule has 7 nitrogen and oxygen atoms in total. The zero-order valence-corrected chi connectivity index (χ0v) is 17.6. The molecule has 1 unspecified atom stereocenters. The summed E-state index contributed by atoms with van der Waals surface area (Å²) in [5, 5.41) is 1.91. The fraction of sp³-hybridized carbons (Fsp3) is 0.474. The lowest BCUT2D eigenvalue weighted by molar-refractivity contribution is 0.0696. The van der Waals surface area contributed by atoms with E-state index in [1.54, 1.807) is 28.6 Å². The zero-order valence-electron chi connectivity index (χ0n) is 16.0. The first kappa shape index (κ1) is 20.6. The fourth-order valence-corrected chi connectivity index (χ4v) is 5.53. The van der Waals surface area contributed by atoms with Crippen LogP contribution in [0.25, 0.3) is 0 Å². The highest BCUT2D eigenvalue weighted by molar-refractivity contribution is 7.91. The average Bonchev–Trinajstić information content (AvgIpc) is 3.33. The van der Waals surface area contributed by atoms with Gasteiger partial charge in [-0.25, -0.2) is 13.4 Å². The number of hydrogen-bond donors (Lipinski definition) is 0. The SMILES string of the molecule is CCCN(C(=O)c1ccc(OCc2cscn2)c(OC)c1)C1CCS(=O)(=O)C1. The lowest BCUT2D eigenvalue weighted by Gasteiger charge is -2.28. The number of benzene rings is 1. The second-order valence-corrected chi connectivity index (χ2v) is 9.64. The van der Waals surface area contributed by atoms with Crippen LogP contribution in [0.5, 0.6) is 11.5 Å². The number of sulfone groups is 1. The van der Waals surface area contributed by atoms with E-state index in [1.165, 1.54) is 18.4 Å². The lowest BCUT2D eigenvalue weighted by atomic mass is 10.1. The van der Waals surface area contributed by atoms with Crippen LogP contribution in [-0.2, 0) is 16.4 Å². The Kier molecular flexibility index (Phi) is 6.56. The third-order valence-electron chi connectivity index (χ3n) is 4.64. The molecule has 1 aromatic heterocycles. The first-order chi connectivity index (χ1) is 13.4. The van der Waals surface area contributed by atoms with Crippen LogP contribution in [0.1, 0.15) is 35.8 Å². The van der Waals surface area contributed by atoms with Crippen molar-refractivity contribution in [3.05, 3.63) is 40.3 Å². The first-order valence-electron chi connectivity index (χ1n) is 9.13. The molecule has 0 spiro atoms. The van der Waals surface area contributed by atoms with E-state index in [4.69, 9.17) is 9.47 Å². The number of methoxy groups -OCH3 is 1. The molecule has 0 N–H and O–H groups in total. The quantitative estimate of drug-likeness (QED) is 0.648. The summed E-state index contributed by atoms with van der Waals surface area (Å²) < 4.78 is 34.8. The second kappa shape index (κ2) is 8.91. The highest BCUT2D eigenvalue weighted by Crippen LogP contribution is 2.30. The maximum absolute atomic E-state index is 13.1. The number of aromatic nitrogens is 1. The van der Waals surface area contributed by atoms with Crippen molar-refractivity contribution in [2.24, 2.45) is 0 Å². The van der Waals surface area contributed by atoms with Gasteiger partial charge < -0.3 is 14.4 Å². The van der Waals surface area contributed by atoms with Crippen molar-refractivity contribution < 1.29 is 22.7 Å². The van der Waals surface area contributed by atoms with Crippen molar-refractivity contribution in [3.8, 4) is 11.5 Å². The van der Waals surface area contributed by atoms with Crippen molar-refractivity contribution >= 4 is 27.1 Å².